The van der Waals surface area contributed by atoms with Crippen LogP contribution in [0.2, 0.25) is 5.02 Å². The van der Waals surface area contributed by atoms with Crippen molar-refractivity contribution in [1.82, 2.24) is 19.6 Å². The van der Waals surface area contributed by atoms with Crippen LogP contribution >= 0.6 is 22.9 Å². The van der Waals surface area contributed by atoms with Crippen LogP contribution in [-0.4, -0.2) is 25.5 Å². The second-order valence-electron chi connectivity index (χ2n) is 6.18. The van der Waals surface area contributed by atoms with Gasteiger partial charge in [0.05, 0.1) is 12.1 Å². The number of hydrogen-bond donors (Lipinski definition) is 2. The van der Waals surface area contributed by atoms with Gasteiger partial charge in [-0.25, -0.2) is 14.5 Å². The van der Waals surface area contributed by atoms with Crippen LogP contribution in [0.15, 0.2) is 40.6 Å². The zero-order chi connectivity index (χ0) is 20.5. The number of fused-ring (bicyclic) bond motifs is 1. The molecule has 0 aliphatic heterocycles. The van der Waals surface area contributed by atoms with Crippen molar-refractivity contribution in [3.05, 3.63) is 68.0 Å². The zero-order valence-corrected chi connectivity index (χ0v) is 16.6. The number of anilines is 1. The predicted molar refractivity (Wildman–Crippen MR) is 110 cm³/mol. The average molecular weight is 425 g/mol. The Morgan fingerprint density at radius 3 is 2.93 bits per heavy atom. The lowest BCUT2D eigenvalue weighted by molar-refractivity contribution is -0.115. The highest BCUT2D eigenvalue weighted by Gasteiger charge is 2.17. The van der Waals surface area contributed by atoms with Crippen molar-refractivity contribution in [2.75, 3.05) is 5.32 Å². The molecular weight excluding hydrogens is 412 g/mol. The number of nitrogens with one attached hydrogen (secondary N) is 2. The number of rotatable bonds is 4. The van der Waals surface area contributed by atoms with E-state index in [0.29, 0.717) is 21.5 Å². The van der Waals surface area contributed by atoms with E-state index in [1.807, 2.05) is 24.3 Å². The van der Waals surface area contributed by atoms with Crippen LogP contribution in [0.3, 0.4) is 0 Å². The number of carbonyl (C=O) groups is 1. The highest BCUT2D eigenvalue weighted by atomic mass is 35.5. The van der Waals surface area contributed by atoms with Crippen LogP contribution in [-0.2, 0) is 11.2 Å². The van der Waals surface area contributed by atoms with Crippen molar-refractivity contribution in [2.24, 2.45) is 0 Å². The van der Waals surface area contributed by atoms with Crippen molar-refractivity contribution in [3.63, 3.8) is 0 Å². The van der Waals surface area contributed by atoms with Crippen LogP contribution in [0.1, 0.15) is 16.8 Å². The lowest BCUT2D eigenvalue weighted by atomic mass is 10.1. The molecule has 0 aliphatic rings. The summed E-state index contributed by atoms with van der Waals surface area (Å²) in [6.45, 7) is 1.64. The minimum absolute atomic E-state index is 0.164. The molecule has 1 amide bonds. The van der Waals surface area contributed by atoms with Gasteiger partial charge in [0.2, 0.25) is 5.91 Å². The largest absolute Gasteiger partial charge is 0.302 e. The highest BCUT2D eigenvalue weighted by molar-refractivity contribution is 7.14. The van der Waals surface area contributed by atoms with E-state index in [4.69, 9.17) is 16.9 Å². The number of halogens is 1. The molecule has 0 fully saturated rings. The topological polar surface area (TPSA) is 116 Å². The van der Waals surface area contributed by atoms with Gasteiger partial charge in [-0.15, -0.1) is 11.3 Å². The van der Waals surface area contributed by atoms with Gasteiger partial charge in [-0.05, 0) is 13.0 Å². The number of aromatic amines is 1. The summed E-state index contributed by atoms with van der Waals surface area (Å²) in [5.41, 5.74) is 2.16. The molecule has 1 aromatic carbocycles. The lowest BCUT2D eigenvalue weighted by Gasteiger charge is -2.05. The number of nitriles is 1. The van der Waals surface area contributed by atoms with Crippen LogP contribution in [0.4, 0.5) is 5.13 Å². The average Bonchev–Trinajstić information content (AvgIpc) is 3.32. The summed E-state index contributed by atoms with van der Waals surface area (Å²) in [6.07, 6.45) is 1.24. The maximum atomic E-state index is 12.7. The van der Waals surface area contributed by atoms with Crippen molar-refractivity contribution in [2.45, 2.75) is 13.3 Å². The quantitative estimate of drug-likeness (QED) is 0.522. The Hall–Kier alpha value is -3.48. The Labute approximate surface area is 173 Å². The van der Waals surface area contributed by atoms with Gasteiger partial charge in [0.25, 0.3) is 5.56 Å². The van der Waals surface area contributed by atoms with Crippen molar-refractivity contribution in [3.8, 4) is 17.3 Å². The minimum Gasteiger partial charge on any atom is -0.302 e. The molecule has 0 saturated heterocycles. The monoisotopic (exact) mass is 424 g/mol. The SMILES string of the molecule is Cc1nc2c(C#N)c[nH]n2c(=O)c1CC(=O)Nc1nc(-c2ccccc2Cl)cs1. The molecule has 0 aliphatic carbocycles. The fraction of sp³-hybridized carbons (Fsp3) is 0.105. The van der Waals surface area contributed by atoms with E-state index in [9.17, 15) is 9.59 Å². The van der Waals surface area contributed by atoms with Crippen LogP contribution < -0.4 is 10.9 Å². The number of benzene rings is 1. The molecular formula is C19H13ClN6O2S. The van der Waals surface area contributed by atoms with Gasteiger partial charge in [-0.3, -0.25) is 14.7 Å². The Balaban J connectivity index is 1.56. The second-order valence-corrected chi connectivity index (χ2v) is 7.45. The van der Waals surface area contributed by atoms with Crippen LogP contribution in [0, 0.1) is 18.3 Å². The first-order chi connectivity index (χ1) is 14.0. The predicted octanol–water partition coefficient (Wildman–Crippen LogP) is 3.16. The standard InChI is InChI=1S/C19H13ClN6O2S/c1-10-13(18(28)26-17(23-10)11(7-21)8-22-26)6-16(27)25-19-24-15(9-29-19)12-4-2-3-5-14(12)20/h2-5,8-9,22H,6H2,1H3,(H,24,25,27). The van der Waals surface area contributed by atoms with Crippen LogP contribution in [0.5, 0.6) is 0 Å². The number of nitrogens with zero attached hydrogens (tertiary/aromatic N) is 4. The summed E-state index contributed by atoms with van der Waals surface area (Å²) in [4.78, 5) is 33.8. The third-order valence-corrected chi connectivity index (χ3v) is 5.41. The first-order valence-electron chi connectivity index (χ1n) is 8.48. The van der Waals surface area contributed by atoms with E-state index in [1.165, 1.54) is 17.5 Å². The van der Waals surface area contributed by atoms with Gasteiger partial charge >= 0.3 is 0 Å². The molecule has 144 valence electrons. The number of amides is 1. The molecule has 4 rings (SSSR count). The number of thiazole rings is 1. The third-order valence-electron chi connectivity index (χ3n) is 4.32. The van der Waals surface area contributed by atoms with Gasteiger partial charge in [0.15, 0.2) is 10.8 Å². The molecule has 0 radical (unpaired) electrons. The minimum atomic E-state index is -0.417. The molecule has 3 aromatic heterocycles. The second kappa shape index (κ2) is 7.50. The van der Waals surface area contributed by atoms with Crippen LogP contribution in [0.25, 0.3) is 16.9 Å². The van der Waals surface area contributed by atoms with E-state index in [0.717, 1.165) is 10.1 Å². The summed E-state index contributed by atoms with van der Waals surface area (Å²) in [5.74, 6) is -0.390. The maximum absolute atomic E-state index is 12.7. The highest BCUT2D eigenvalue weighted by Crippen LogP contribution is 2.30. The third kappa shape index (κ3) is 3.51. The molecule has 0 spiro atoms. The molecule has 0 saturated carbocycles. The first-order valence-corrected chi connectivity index (χ1v) is 9.73. The van der Waals surface area contributed by atoms with Crippen molar-refractivity contribution in [1.29, 1.82) is 5.26 Å². The molecule has 0 bridgehead atoms. The Kier molecular flexibility index (Phi) is 4.88. The lowest BCUT2D eigenvalue weighted by Crippen LogP contribution is -2.26. The van der Waals surface area contributed by atoms with E-state index in [-0.39, 0.29) is 29.1 Å². The van der Waals surface area contributed by atoms with Gasteiger partial charge < -0.3 is 5.32 Å². The Bertz CT molecular complexity index is 1350. The molecule has 3 heterocycles. The van der Waals surface area contributed by atoms with Crippen molar-refractivity contribution < 1.29 is 4.79 Å². The molecule has 4 aromatic rings. The van der Waals surface area contributed by atoms with Crippen molar-refractivity contribution >= 4 is 39.6 Å². The van der Waals surface area contributed by atoms with Gasteiger partial charge in [0, 0.05) is 33.4 Å². The number of aromatic nitrogens is 4. The molecule has 29 heavy (non-hydrogen) atoms. The number of H-pyrrole nitrogens is 1. The molecule has 10 heteroatoms. The molecule has 0 atom stereocenters. The summed E-state index contributed by atoms with van der Waals surface area (Å²) in [7, 11) is 0. The summed E-state index contributed by atoms with van der Waals surface area (Å²) < 4.78 is 1.16. The summed E-state index contributed by atoms with van der Waals surface area (Å²) in [6, 6.07) is 9.27. The fourth-order valence-electron chi connectivity index (χ4n) is 2.89. The van der Waals surface area contributed by atoms with Gasteiger partial charge in [-0.2, -0.15) is 5.26 Å². The Morgan fingerprint density at radius 1 is 1.38 bits per heavy atom. The number of carbonyl (C=O) groups excluding carboxylic acids is 1. The zero-order valence-electron chi connectivity index (χ0n) is 15.1. The fourth-order valence-corrected chi connectivity index (χ4v) is 3.85. The number of hydrogen-bond acceptors (Lipinski definition) is 6. The van der Waals surface area contributed by atoms with E-state index in [1.54, 1.807) is 18.4 Å². The Morgan fingerprint density at radius 2 is 2.17 bits per heavy atom. The normalized spacial score (nSPS) is 10.8. The first kappa shape index (κ1) is 18.9. The van der Waals surface area contributed by atoms with Gasteiger partial charge in [0.1, 0.15) is 11.6 Å². The number of aryl methyl sites for hydroxylation is 1. The molecule has 8 nitrogen and oxygen atoms in total. The van der Waals surface area contributed by atoms with E-state index >= 15 is 0 Å². The van der Waals surface area contributed by atoms with E-state index in [2.05, 4.69) is 20.4 Å². The molecule has 2 N–H and O–H groups in total. The van der Waals surface area contributed by atoms with Gasteiger partial charge in [-0.1, -0.05) is 29.8 Å². The molecule has 0 unspecified atom stereocenters. The smallest absolute Gasteiger partial charge is 0.276 e. The van der Waals surface area contributed by atoms with E-state index < -0.39 is 5.56 Å². The maximum Gasteiger partial charge on any atom is 0.276 e. The summed E-state index contributed by atoms with van der Waals surface area (Å²) in [5, 5.41) is 17.3. The summed E-state index contributed by atoms with van der Waals surface area (Å²) >= 11 is 7.45.